The SMILES string of the molecule is CCN(CC(F)(F)F)C(=O)C1CCCN(c2nc(C)nc3c2CCCC3)C1. The number of hydrogen-bond donors (Lipinski definition) is 0. The Bertz CT molecular complexity index is 692. The number of piperidine rings is 1. The average molecular weight is 384 g/mol. The van der Waals surface area contributed by atoms with Crippen LogP contribution in [0.4, 0.5) is 19.0 Å². The number of carbonyl (C=O) groups excluding carboxylic acids is 1. The molecule has 0 spiro atoms. The summed E-state index contributed by atoms with van der Waals surface area (Å²) in [4.78, 5) is 24.9. The van der Waals surface area contributed by atoms with Gasteiger partial charge in [0, 0.05) is 30.9 Å². The van der Waals surface area contributed by atoms with Gasteiger partial charge in [-0.25, -0.2) is 9.97 Å². The van der Waals surface area contributed by atoms with Crippen LogP contribution in [0.1, 0.15) is 49.7 Å². The van der Waals surface area contributed by atoms with Crippen LogP contribution in [0.3, 0.4) is 0 Å². The number of aryl methyl sites for hydroxylation is 2. The summed E-state index contributed by atoms with van der Waals surface area (Å²) in [5.41, 5.74) is 2.24. The molecule has 0 N–H and O–H groups in total. The van der Waals surface area contributed by atoms with Gasteiger partial charge in [0.2, 0.25) is 5.91 Å². The minimum absolute atomic E-state index is 0.0663. The first-order valence-corrected chi connectivity index (χ1v) is 9.75. The Hall–Kier alpha value is -1.86. The van der Waals surface area contributed by atoms with E-state index < -0.39 is 24.5 Å². The monoisotopic (exact) mass is 384 g/mol. The Kier molecular flexibility index (Phi) is 5.91. The van der Waals surface area contributed by atoms with Crippen LogP contribution in [0.15, 0.2) is 0 Å². The van der Waals surface area contributed by atoms with Gasteiger partial charge in [-0.05, 0) is 52.4 Å². The van der Waals surface area contributed by atoms with Crippen LogP contribution in [0, 0.1) is 12.8 Å². The van der Waals surface area contributed by atoms with Gasteiger partial charge in [-0.15, -0.1) is 0 Å². The second-order valence-corrected chi connectivity index (χ2v) is 7.48. The van der Waals surface area contributed by atoms with Gasteiger partial charge in [-0.2, -0.15) is 13.2 Å². The molecule has 0 bridgehead atoms. The van der Waals surface area contributed by atoms with Crippen molar-refractivity contribution in [2.24, 2.45) is 5.92 Å². The zero-order valence-electron chi connectivity index (χ0n) is 16.0. The molecule has 1 aromatic heterocycles. The van der Waals surface area contributed by atoms with Crippen LogP contribution in [0.25, 0.3) is 0 Å². The smallest absolute Gasteiger partial charge is 0.355 e. The number of carbonyl (C=O) groups is 1. The third-order valence-corrected chi connectivity index (χ3v) is 5.41. The lowest BCUT2D eigenvalue weighted by Crippen LogP contribution is -2.48. The molecule has 27 heavy (non-hydrogen) atoms. The van der Waals surface area contributed by atoms with Crippen LogP contribution < -0.4 is 4.90 Å². The van der Waals surface area contributed by atoms with Crippen LogP contribution in [0.2, 0.25) is 0 Å². The Morgan fingerprint density at radius 2 is 1.96 bits per heavy atom. The fourth-order valence-corrected chi connectivity index (χ4v) is 4.15. The van der Waals surface area contributed by atoms with Crippen LogP contribution in [0.5, 0.6) is 0 Å². The molecule has 1 amide bonds. The molecule has 2 aliphatic rings. The molecule has 5 nitrogen and oxygen atoms in total. The van der Waals surface area contributed by atoms with E-state index in [-0.39, 0.29) is 6.54 Å². The van der Waals surface area contributed by atoms with Crippen LogP contribution in [-0.2, 0) is 17.6 Å². The predicted octanol–water partition coefficient (Wildman–Crippen LogP) is 3.29. The van der Waals surface area contributed by atoms with Crippen molar-refractivity contribution in [1.29, 1.82) is 0 Å². The first-order chi connectivity index (χ1) is 12.8. The summed E-state index contributed by atoms with van der Waals surface area (Å²) in [5, 5.41) is 0. The molecule has 0 saturated carbocycles. The van der Waals surface area contributed by atoms with Crippen molar-refractivity contribution >= 4 is 11.7 Å². The topological polar surface area (TPSA) is 49.3 Å². The zero-order valence-corrected chi connectivity index (χ0v) is 16.0. The summed E-state index contributed by atoms with van der Waals surface area (Å²) in [6.07, 6.45) is 1.10. The second-order valence-electron chi connectivity index (χ2n) is 7.48. The Balaban J connectivity index is 1.78. The van der Waals surface area contributed by atoms with E-state index in [2.05, 4.69) is 14.9 Å². The average Bonchev–Trinajstić information content (AvgIpc) is 2.64. The molecule has 1 atom stereocenters. The van der Waals surface area contributed by atoms with Crippen molar-refractivity contribution in [3.05, 3.63) is 17.1 Å². The quantitative estimate of drug-likeness (QED) is 0.799. The lowest BCUT2D eigenvalue weighted by Gasteiger charge is -2.37. The van der Waals surface area contributed by atoms with Crippen molar-refractivity contribution in [3.8, 4) is 0 Å². The number of rotatable bonds is 4. The van der Waals surface area contributed by atoms with E-state index in [1.54, 1.807) is 6.92 Å². The van der Waals surface area contributed by atoms with Crippen LogP contribution in [-0.4, -0.2) is 53.1 Å². The van der Waals surface area contributed by atoms with E-state index >= 15 is 0 Å². The standard InChI is InChI=1S/C19H27F3N4O/c1-3-25(12-19(20,21)22)18(27)14-7-6-10-26(11-14)17-15-8-4-5-9-16(15)23-13(2)24-17/h14H,3-12H2,1-2H3. The van der Waals surface area contributed by atoms with Gasteiger partial charge >= 0.3 is 6.18 Å². The summed E-state index contributed by atoms with van der Waals surface area (Å²) in [6.45, 7) is 3.55. The molecule has 1 aromatic rings. The van der Waals surface area contributed by atoms with Crippen molar-refractivity contribution in [2.75, 3.05) is 31.1 Å². The van der Waals surface area contributed by atoms with Crippen molar-refractivity contribution < 1.29 is 18.0 Å². The van der Waals surface area contributed by atoms with Gasteiger partial charge in [0.15, 0.2) is 0 Å². The van der Waals surface area contributed by atoms with E-state index in [9.17, 15) is 18.0 Å². The van der Waals surface area contributed by atoms with E-state index in [4.69, 9.17) is 0 Å². The highest BCUT2D eigenvalue weighted by Gasteiger charge is 2.36. The molecule has 0 radical (unpaired) electrons. The zero-order chi connectivity index (χ0) is 19.6. The molecule has 3 rings (SSSR count). The maximum Gasteiger partial charge on any atom is 0.406 e. The highest BCUT2D eigenvalue weighted by molar-refractivity contribution is 5.80. The molecule has 150 valence electrons. The Labute approximate surface area is 158 Å². The number of hydrogen-bond acceptors (Lipinski definition) is 4. The highest BCUT2D eigenvalue weighted by atomic mass is 19.4. The number of anilines is 1. The summed E-state index contributed by atoms with van der Waals surface area (Å²) < 4.78 is 38.3. The van der Waals surface area contributed by atoms with Gasteiger partial charge < -0.3 is 9.80 Å². The molecule has 1 saturated heterocycles. The maximum absolute atomic E-state index is 12.8. The summed E-state index contributed by atoms with van der Waals surface area (Å²) in [7, 11) is 0. The van der Waals surface area contributed by atoms with Crippen molar-refractivity contribution in [1.82, 2.24) is 14.9 Å². The predicted molar refractivity (Wildman–Crippen MR) is 96.7 cm³/mol. The summed E-state index contributed by atoms with van der Waals surface area (Å²) in [6, 6.07) is 0. The Morgan fingerprint density at radius 1 is 1.22 bits per heavy atom. The maximum atomic E-state index is 12.8. The molecule has 2 heterocycles. The molecule has 1 fully saturated rings. The van der Waals surface area contributed by atoms with Crippen molar-refractivity contribution in [3.63, 3.8) is 0 Å². The lowest BCUT2D eigenvalue weighted by atomic mass is 9.93. The van der Waals surface area contributed by atoms with Gasteiger partial charge in [0.05, 0.1) is 5.92 Å². The molecule has 8 heteroatoms. The normalized spacial score (nSPS) is 20.3. The van der Waals surface area contributed by atoms with Gasteiger partial charge in [-0.1, -0.05) is 0 Å². The first kappa shape index (κ1) is 19.9. The minimum Gasteiger partial charge on any atom is -0.355 e. The summed E-state index contributed by atoms with van der Waals surface area (Å²) in [5.74, 6) is 0.773. The fourth-order valence-electron chi connectivity index (χ4n) is 4.15. The van der Waals surface area contributed by atoms with Crippen LogP contribution >= 0.6 is 0 Å². The third-order valence-electron chi connectivity index (χ3n) is 5.41. The first-order valence-electron chi connectivity index (χ1n) is 9.75. The number of fused-ring (bicyclic) bond motifs is 1. The van der Waals surface area contributed by atoms with Gasteiger partial charge in [0.1, 0.15) is 18.2 Å². The number of aromatic nitrogens is 2. The Morgan fingerprint density at radius 3 is 2.67 bits per heavy atom. The fraction of sp³-hybridized carbons (Fsp3) is 0.737. The number of halogens is 3. The van der Waals surface area contributed by atoms with E-state index in [0.29, 0.717) is 18.8 Å². The number of nitrogens with zero attached hydrogens (tertiary/aromatic N) is 4. The highest BCUT2D eigenvalue weighted by Crippen LogP contribution is 2.31. The minimum atomic E-state index is -4.37. The van der Waals surface area contributed by atoms with E-state index in [1.807, 2.05) is 6.92 Å². The second kappa shape index (κ2) is 8.02. The largest absolute Gasteiger partial charge is 0.406 e. The number of amides is 1. The van der Waals surface area contributed by atoms with E-state index in [1.165, 1.54) is 0 Å². The molecular formula is C19H27F3N4O. The molecule has 1 aliphatic carbocycles. The van der Waals surface area contributed by atoms with Gasteiger partial charge in [0.25, 0.3) is 0 Å². The molecular weight excluding hydrogens is 357 g/mol. The molecule has 0 aromatic carbocycles. The lowest BCUT2D eigenvalue weighted by molar-refractivity contribution is -0.163. The summed E-state index contributed by atoms with van der Waals surface area (Å²) >= 11 is 0. The molecule has 1 unspecified atom stereocenters. The third kappa shape index (κ3) is 4.71. The van der Waals surface area contributed by atoms with Crippen molar-refractivity contribution in [2.45, 2.75) is 58.5 Å². The number of alkyl halides is 3. The molecule has 1 aliphatic heterocycles. The van der Waals surface area contributed by atoms with Gasteiger partial charge in [-0.3, -0.25) is 4.79 Å². The van der Waals surface area contributed by atoms with E-state index in [0.717, 1.165) is 60.6 Å².